The summed E-state index contributed by atoms with van der Waals surface area (Å²) in [5.74, 6) is -0.235. The number of carbonyl (C=O) groups is 2. The summed E-state index contributed by atoms with van der Waals surface area (Å²) in [7, 11) is 1.65. The molecule has 2 aromatic rings. The molecule has 0 unspecified atom stereocenters. The van der Waals surface area contributed by atoms with E-state index in [1.165, 1.54) is 16.7 Å². The molecule has 0 aliphatic carbocycles. The minimum Gasteiger partial charge on any atom is -0.422 e. The maximum Gasteiger partial charge on any atom is 0.343 e. The van der Waals surface area contributed by atoms with Gasteiger partial charge in [0, 0.05) is 12.1 Å². The normalized spacial score (nSPS) is 15.7. The number of nitrogens with zero attached hydrogens (tertiary/aromatic N) is 1. The molecule has 1 amide bonds. The Bertz CT molecular complexity index is 944. The number of hydrogen-bond donors (Lipinski definition) is 0. The van der Waals surface area contributed by atoms with Crippen molar-refractivity contribution in [3.05, 3.63) is 68.0 Å². The topological polar surface area (TPSA) is 46.6 Å². The van der Waals surface area contributed by atoms with E-state index in [1.807, 2.05) is 0 Å². The van der Waals surface area contributed by atoms with Gasteiger partial charge in [0.15, 0.2) is 0 Å². The molecule has 4 nitrogen and oxygen atoms in total. The van der Waals surface area contributed by atoms with E-state index in [-0.39, 0.29) is 5.91 Å². The van der Waals surface area contributed by atoms with E-state index in [9.17, 15) is 9.59 Å². The lowest BCUT2D eigenvalue weighted by molar-refractivity contribution is -0.121. The Balaban J connectivity index is 1.78. The lowest BCUT2D eigenvalue weighted by atomic mass is 10.2. The average Bonchev–Trinajstić information content (AvgIpc) is 2.85. The highest BCUT2D eigenvalue weighted by Gasteiger charge is 2.28. The van der Waals surface area contributed by atoms with Crippen LogP contribution in [0.1, 0.15) is 15.9 Å². The van der Waals surface area contributed by atoms with E-state index in [1.54, 1.807) is 55.6 Å². The van der Waals surface area contributed by atoms with Crippen LogP contribution in [0.3, 0.4) is 0 Å². The lowest BCUT2D eigenvalue weighted by Crippen LogP contribution is -2.22. The fraction of sp³-hybridized carbons (Fsp3) is 0.0556. The van der Waals surface area contributed by atoms with Crippen molar-refractivity contribution in [1.82, 2.24) is 4.90 Å². The summed E-state index contributed by atoms with van der Waals surface area (Å²) >= 11 is 15.6. The standard InChI is InChI=1S/C18H11BrClNO3S2/c1-21-16(22)15(26-18(21)25)9-10-2-7-14(13(19)8-10)24-17(23)11-3-5-12(20)6-4-11/h2-9H,1H3. The van der Waals surface area contributed by atoms with Gasteiger partial charge in [0.1, 0.15) is 10.1 Å². The lowest BCUT2D eigenvalue weighted by Gasteiger charge is -2.07. The molecule has 8 heteroatoms. The van der Waals surface area contributed by atoms with Gasteiger partial charge in [-0.3, -0.25) is 9.69 Å². The molecule has 0 aromatic heterocycles. The van der Waals surface area contributed by atoms with Gasteiger partial charge >= 0.3 is 5.97 Å². The van der Waals surface area contributed by atoms with Gasteiger partial charge in [-0.15, -0.1) is 0 Å². The number of halogens is 2. The SMILES string of the molecule is CN1C(=O)C(=Cc2ccc(OC(=O)c3ccc(Cl)cc3)c(Br)c2)SC1=S. The fourth-order valence-corrected chi connectivity index (χ4v) is 3.91. The Hall–Kier alpha value is -1.67. The Labute approximate surface area is 173 Å². The van der Waals surface area contributed by atoms with Crippen LogP contribution in [-0.4, -0.2) is 28.1 Å². The van der Waals surface area contributed by atoms with Gasteiger partial charge in [-0.1, -0.05) is 41.6 Å². The van der Waals surface area contributed by atoms with Crippen molar-refractivity contribution in [3.8, 4) is 5.75 Å². The number of rotatable bonds is 3. The summed E-state index contributed by atoms with van der Waals surface area (Å²) in [6.07, 6.45) is 1.75. The highest BCUT2D eigenvalue weighted by Crippen LogP contribution is 2.33. The largest absolute Gasteiger partial charge is 0.422 e. The summed E-state index contributed by atoms with van der Waals surface area (Å²) in [5, 5.41) is 0.546. The van der Waals surface area contributed by atoms with E-state index in [0.717, 1.165) is 5.56 Å². The zero-order valence-corrected chi connectivity index (χ0v) is 17.3. The van der Waals surface area contributed by atoms with E-state index >= 15 is 0 Å². The quantitative estimate of drug-likeness (QED) is 0.270. The van der Waals surface area contributed by atoms with Crippen molar-refractivity contribution in [2.75, 3.05) is 7.05 Å². The smallest absolute Gasteiger partial charge is 0.343 e. The second-order valence-corrected chi connectivity index (χ2v) is 8.29. The summed E-state index contributed by atoms with van der Waals surface area (Å²) < 4.78 is 6.52. The summed E-state index contributed by atoms with van der Waals surface area (Å²) in [6, 6.07) is 11.6. The maximum absolute atomic E-state index is 12.2. The first-order valence-corrected chi connectivity index (χ1v) is 9.73. The molecule has 26 heavy (non-hydrogen) atoms. The third-order valence-corrected chi connectivity index (χ3v) is 5.88. The molecule has 2 aromatic carbocycles. The Morgan fingerprint density at radius 2 is 1.96 bits per heavy atom. The second kappa shape index (κ2) is 7.92. The first-order chi connectivity index (χ1) is 12.3. The second-order valence-electron chi connectivity index (χ2n) is 5.33. The van der Waals surface area contributed by atoms with Crippen LogP contribution in [0, 0.1) is 0 Å². The van der Waals surface area contributed by atoms with Gasteiger partial charge < -0.3 is 4.74 Å². The molecule has 1 fully saturated rings. The minimum absolute atomic E-state index is 0.130. The Morgan fingerprint density at radius 3 is 2.54 bits per heavy atom. The van der Waals surface area contributed by atoms with Crippen molar-refractivity contribution in [1.29, 1.82) is 0 Å². The molecule has 1 heterocycles. The van der Waals surface area contributed by atoms with Crippen LogP contribution in [0.4, 0.5) is 0 Å². The van der Waals surface area contributed by atoms with Crippen LogP contribution in [0.25, 0.3) is 6.08 Å². The summed E-state index contributed by atoms with van der Waals surface area (Å²) in [4.78, 5) is 26.2. The minimum atomic E-state index is -0.484. The molecule has 0 radical (unpaired) electrons. The molecule has 0 spiro atoms. The van der Waals surface area contributed by atoms with Crippen molar-refractivity contribution in [3.63, 3.8) is 0 Å². The van der Waals surface area contributed by atoms with Crippen LogP contribution in [0.5, 0.6) is 5.75 Å². The number of benzene rings is 2. The summed E-state index contributed by atoms with van der Waals surface area (Å²) in [6.45, 7) is 0. The number of carbonyl (C=O) groups excluding carboxylic acids is 2. The summed E-state index contributed by atoms with van der Waals surface area (Å²) in [5.41, 5.74) is 1.19. The molecule has 1 saturated heterocycles. The molecule has 0 N–H and O–H groups in total. The van der Waals surface area contributed by atoms with Crippen molar-refractivity contribution in [2.24, 2.45) is 0 Å². The third-order valence-electron chi connectivity index (χ3n) is 3.52. The Morgan fingerprint density at radius 1 is 1.27 bits per heavy atom. The molecule has 1 aliphatic rings. The van der Waals surface area contributed by atoms with Gasteiger partial charge in [-0.2, -0.15) is 0 Å². The monoisotopic (exact) mass is 467 g/mol. The molecular weight excluding hydrogens is 458 g/mol. The van der Waals surface area contributed by atoms with Crippen LogP contribution in [0.2, 0.25) is 5.02 Å². The number of thioether (sulfide) groups is 1. The molecule has 1 aliphatic heterocycles. The first kappa shape index (κ1) is 19.1. The molecule has 0 bridgehead atoms. The highest BCUT2D eigenvalue weighted by atomic mass is 79.9. The van der Waals surface area contributed by atoms with Crippen molar-refractivity contribution < 1.29 is 14.3 Å². The number of ether oxygens (including phenoxy) is 1. The van der Waals surface area contributed by atoms with Crippen LogP contribution < -0.4 is 4.74 Å². The van der Waals surface area contributed by atoms with Gasteiger partial charge in [-0.05, 0) is 64.0 Å². The zero-order chi connectivity index (χ0) is 18.8. The van der Waals surface area contributed by atoms with E-state index in [0.29, 0.717) is 30.0 Å². The maximum atomic E-state index is 12.2. The van der Waals surface area contributed by atoms with Gasteiger partial charge in [0.25, 0.3) is 5.91 Å². The number of thiocarbonyl (C=S) groups is 1. The van der Waals surface area contributed by atoms with Crippen LogP contribution in [0.15, 0.2) is 51.8 Å². The van der Waals surface area contributed by atoms with Gasteiger partial charge in [0.2, 0.25) is 0 Å². The van der Waals surface area contributed by atoms with Gasteiger partial charge in [0.05, 0.1) is 14.9 Å². The number of amides is 1. The van der Waals surface area contributed by atoms with Crippen molar-refractivity contribution >= 4 is 73.8 Å². The molecule has 0 saturated carbocycles. The number of esters is 1. The molecule has 132 valence electrons. The average molecular weight is 469 g/mol. The Kier molecular flexibility index (Phi) is 5.82. The zero-order valence-electron chi connectivity index (χ0n) is 13.4. The first-order valence-electron chi connectivity index (χ1n) is 7.34. The molecular formula is C18H11BrClNO3S2. The molecule has 3 rings (SSSR count). The predicted molar refractivity (Wildman–Crippen MR) is 111 cm³/mol. The van der Waals surface area contributed by atoms with Gasteiger partial charge in [-0.25, -0.2) is 4.79 Å². The fourth-order valence-electron chi connectivity index (χ4n) is 2.13. The highest BCUT2D eigenvalue weighted by molar-refractivity contribution is 9.10. The third kappa shape index (κ3) is 4.17. The number of hydrogen-bond acceptors (Lipinski definition) is 5. The number of likely N-dealkylation sites (N-methyl/N-ethyl adjacent to an activating group) is 1. The van der Waals surface area contributed by atoms with Crippen LogP contribution >= 0.6 is 51.5 Å². The van der Waals surface area contributed by atoms with Crippen LogP contribution in [-0.2, 0) is 4.79 Å². The van der Waals surface area contributed by atoms with E-state index in [2.05, 4.69) is 15.9 Å². The molecule has 0 atom stereocenters. The predicted octanol–water partition coefficient (Wildman–Crippen LogP) is 5.15. The van der Waals surface area contributed by atoms with E-state index in [4.69, 9.17) is 28.6 Å². The van der Waals surface area contributed by atoms with E-state index < -0.39 is 5.97 Å². The van der Waals surface area contributed by atoms with Crippen molar-refractivity contribution in [2.45, 2.75) is 0 Å².